The van der Waals surface area contributed by atoms with Crippen molar-refractivity contribution in [2.24, 2.45) is 0 Å². The molecule has 27 heavy (non-hydrogen) atoms. The van der Waals surface area contributed by atoms with Gasteiger partial charge in [0.15, 0.2) is 5.11 Å². The van der Waals surface area contributed by atoms with E-state index in [4.69, 9.17) is 33.3 Å². The number of thiocarbonyl (C=S) groups is 1. The molecule has 0 spiro atoms. The first-order chi connectivity index (χ1) is 12.9. The van der Waals surface area contributed by atoms with Gasteiger partial charge in [-0.25, -0.2) is 0 Å². The molecule has 0 atom stereocenters. The highest BCUT2D eigenvalue weighted by Crippen LogP contribution is 2.28. The van der Waals surface area contributed by atoms with Crippen molar-refractivity contribution < 1.29 is 19.1 Å². The summed E-state index contributed by atoms with van der Waals surface area (Å²) < 4.78 is 10.5. The number of nitrogens with one attached hydrogen (secondary N) is 1. The van der Waals surface area contributed by atoms with E-state index in [-0.39, 0.29) is 10.7 Å². The van der Waals surface area contributed by atoms with E-state index in [1.165, 1.54) is 25.2 Å². The molecule has 2 aromatic carbocycles. The van der Waals surface area contributed by atoms with E-state index in [9.17, 15) is 9.59 Å². The zero-order chi connectivity index (χ0) is 19.6. The second kappa shape index (κ2) is 7.77. The lowest BCUT2D eigenvalue weighted by Crippen LogP contribution is -2.54. The summed E-state index contributed by atoms with van der Waals surface area (Å²) in [6.45, 7) is 0. The first-order valence-corrected chi connectivity index (χ1v) is 8.62. The SMILES string of the molecule is COc1ccc(OC)c(C=C2C(=O)NC(=S)N(c3ccc(Cl)cc3)C2=O)c1. The Kier molecular flexibility index (Phi) is 5.43. The van der Waals surface area contributed by atoms with Gasteiger partial charge in [-0.2, -0.15) is 0 Å². The Morgan fingerprint density at radius 1 is 1.07 bits per heavy atom. The van der Waals surface area contributed by atoms with Gasteiger partial charge in [0, 0.05) is 10.6 Å². The van der Waals surface area contributed by atoms with E-state index < -0.39 is 11.8 Å². The third-order valence-corrected chi connectivity index (χ3v) is 4.46. The molecule has 0 aliphatic carbocycles. The van der Waals surface area contributed by atoms with Crippen molar-refractivity contribution >= 4 is 52.5 Å². The third-order valence-electron chi connectivity index (χ3n) is 3.92. The largest absolute Gasteiger partial charge is 0.497 e. The first-order valence-electron chi connectivity index (χ1n) is 7.83. The monoisotopic (exact) mass is 402 g/mol. The van der Waals surface area contributed by atoms with Crippen molar-refractivity contribution in [3.05, 3.63) is 58.6 Å². The van der Waals surface area contributed by atoms with Crippen LogP contribution < -0.4 is 19.7 Å². The van der Waals surface area contributed by atoms with Crippen molar-refractivity contribution in [2.45, 2.75) is 0 Å². The van der Waals surface area contributed by atoms with Gasteiger partial charge in [-0.1, -0.05) is 11.6 Å². The van der Waals surface area contributed by atoms with Gasteiger partial charge in [0.05, 0.1) is 19.9 Å². The van der Waals surface area contributed by atoms with Gasteiger partial charge in [-0.3, -0.25) is 19.8 Å². The Labute approximate surface area is 166 Å². The quantitative estimate of drug-likeness (QED) is 0.483. The molecule has 1 fully saturated rings. The van der Waals surface area contributed by atoms with Crippen molar-refractivity contribution in [1.29, 1.82) is 0 Å². The summed E-state index contributed by atoms with van der Waals surface area (Å²) in [6.07, 6.45) is 1.45. The average Bonchev–Trinajstić information content (AvgIpc) is 2.66. The number of carbonyl (C=O) groups is 2. The lowest BCUT2D eigenvalue weighted by molar-refractivity contribution is -0.122. The lowest BCUT2D eigenvalue weighted by Gasteiger charge is -2.29. The van der Waals surface area contributed by atoms with E-state index in [2.05, 4.69) is 5.32 Å². The van der Waals surface area contributed by atoms with Crippen LogP contribution in [0.1, 0.15) is 5.56 Å². The molecule has 0 bridgehead atoms. The van der Waals surface area contributed by atoms with Gasteiger partial charge in [0.25, 0.3) is 11.8 Å². The highest BCUT2D eigenvalue weighted by atomic mass is 35.5. The lowest BCUT2D eigenvalue weighted by atomic mass is 10.1. The molecular formula is C19H15ClN2O4S. The fourth-order valence-electron chi connectivity index (χ4n) is 2.59. The molecular weight excluding hydrogens is 388 g/mol. The van der Waals surface area contributed by atoms with E-state index >= 15 is 0 Å². The number of hydrogen-bond acceptors (Lipinski definition) is 5. The van der Waals surface area contributed by atoms with Crippen LogP contribution >= 0.6 is 23.8 Å². The first kappa shape index (κ1) is 18.9. The highest BCUT2D eigenvalue weighted by molar-refractivity contribution is 7.80. The van der Waals surface area contributed by atoms with Gasteiger partial charge in [0.2, 0.25) is 0 Å². The zero-order valence-corrected chi connectivity index (χ0v) is 16.1. The summed E-state index contributed by atoms with van der Waals surface area (Å²) >= 11 is 11.1. The standard InChI is InChI=1S/C19H15ClN2O4S/c1-25-14-7-8-16(26-2)11(9-14)10-15-17(23)21-19(27)22(18(15)24)13-5-3-12(20)4-6-13/h3-10H,1-2H3,(H,21,23,27). The predicted octanol–water partition coefficient (Wildman–Crippen LogP) is 3.19. The molecule has 0 radical (unpaired) electrons. The van der Waals surface area contributed by atoms with Crippen LogP contribution in [0.4, 0.5) is 5.69 Å². The molecule has 0 aromatic heterocycles. The topological polar surface area (TPSA) is 67.9 Å². The number of amides is 2. The normalized spacial score (nSPS) is 15.7. The molecule has 2 amide bonds. The molecule has 0 saturated carbocycles. The average molecular weight is 403 g/mol. The van der Waals surface area contributed by atoms with Crippen LogP contribution in [0.25, 0.3) is 6.08 Å². The van der Waals surface area contributed by atoms with Gasteiger partial charge >= 0.3 is 0 Å². The number of halogens is 1. The number of benzene rings is 2. The number of rotatable bonds is 4. The molecule has 1 aliphatic rings. The minimum atomic E-state index is -0.583. The maximum atomic E-state index is 13.0. The molecule has 1 heterocycles. The Balaban J connectivity index is 2.05. The molecule has 2 aromatic rings. The van der Waals surface area contributed by atoms with Gasteiger partial charge < -0.3 is 9.47 Å². The summed E-state index contributed by atoms with van der Waals surface area (Å²) in [5.74, 6) is -0.0671. The van der Waals surface area contributed by atoms with E-state index in [0.717, 1.165) is 0 Å². The van der Waals surface area contributed by atoms with Gasteiger partial charge in [-0.05, 0) is 60.8 Å². The highest BCUT2D eigenvalue weighted by Gasteiger charge is 2.34. The molecule has 6 nitrogen and oxygen atoms in total. The molecule has 1 saturated heterocycles. The van der Waals surface area contributed by atoms with Crippen LogP contribution in [0.5, 0.6) is 11.5 Å². The summed E-state index contributed by atoms with van der Waals surface area (Å²) in [7, 11) is 3.03. The molecule has 8 heteroatoms. The van der Waals surface area contributed by atoms with Crippen molar-refractivity contribution in [1.82, 2.24) is 5.32 Å². The summed E-state index contributed by atoms with van der Waals surface area (Å²) in [6, 6.07) is 11.7. The second-order valence-electron chi connectivity index (χ2n) is 5.54. The Bertz CT molecular complexity index is 957. The molecule has 1 aliphatic heterocycles. The summed E-state index contributed by atoms with van der Waals surface area (Å²) in [5, 5.41) is 3.06. The number of methoxy groups -OCH3 is 2. The second-order valence-corrected chi connectivity index (χ2v) is 6.37. The maximum Gasteiger partial charge on any atom is 0.270 e. The van der Waals surface area contributed by atoms with Crippen molar-refractivity contribution in [3.8, 4) is 11.5 Å². The van der Waals surface area contributed by atoms with E-state index in [0.29, 0.717) is 27.8 Å². The fourth-order valence-corrected chi connectivity index (χ4v) is 3.00. The predicted molar refractivity (Wildman–Crippen MR) is 107 cm³/mol. The summed E-state index contributed by atoms with van der Waals surface area (Å²) in [5.41, 5.74) is 0.947. The number of anilines is 1. The van der Waals surface area contributed by atoms with Crippen LogP contribution in [-0.2, 0) is 9.59 Å². The molecule has 3 rings (SSSR count). The van der Waals surface area contributed by atoms with Gasteiger partial charge in [-0.15, -0.1) is 0 Å². The molecule has 0 unspecified atom stereocenters. The number of hydrogen-bond donors (Lipinski definition) is 1. The Morgan fingerprint density at radius 3 is 2.41 bits per heavy atom. The smallest absolute Gasteiger partial charge is 0.270 e. The number of ether oxygens (including phenoxy) is 2. The molecule has 138 valence electrons. The van der Waals surface area contributed by atoms with E-state index in [1.54, 1.807) is 42.5 Å². The van der Waals surface area contributed by atoms with E-state index in [1.807, 2.05) is 0 Å². The Morgan fingerprint density at radius 2 is 1.78 bits per heavy atom. The minimum absolute atomic E-state index is 0.00193. The van der Waals surface area contributed by atoms with Crippen LogP contribution in [0.3, 0.4) is 0 Å². The van der Waals surface area contributed by atoms with Crippen LogP contribution in [0.15, 0.2) is 48.0 Å². The zero-order valence-electron chi connectivity index (χ0n) is 14.5. The fraction of sp³-hybridized carbons (Fsp3) is 0.105. The maximum absolute atomic E-state index is 13.0. The third kappa shape index (κ3) is 3.79. The van der Waals surface area contributed by atoms with Crippen molar-refractivity contribution in [2.75, 3.05) is 19.1 Å². The Hall–Kier alpha value is -2.90. The summed E-state index contributed by atoms with van der Waals surface area (Å²) in [4.78, 5) is 26.6. The van der Waals surface area contributed by atoms with Crippen molar-refractivity contribution in [3.63, 3.8) is 0 Å². The van der Waals surface area contributed by atoms with Gasteiger partial charge in [0.1, 0.15) is 17.1 Å². The molecule has 1 N–H and O–H groups in total. The van der Waals surface area contributed by atoms with Crippen LogP contribution in [0, 0.1) is 0 Å². The van der Waals surface area contributed by atoms with Crippen LogP contribution in [0.2, 0.25) is 5.02 Å². The van der Waals surface area contributed by atoms with Crippen LogP contribution in [-0.4, -0.2) is 31.1 Å². The number of carbonyl (C=O) groups excluding carboxylic acids is 2. The minimum Gasteiger partial charge on any atom is -0.497 e. The number of nitrogens with zero attached hydrogens (tertiary/aromatic N) is 1.